The fourth-order valence-corrected chi connectivity index (χ4v) is 3.86. The maximum atomic E-state index is 12.5. The van der Waals surface area contributed by atoms with Crippen LogP contribution in [0.3, 0.4) is 0 Å². The van der Waals surface area contributed by atoms with Crippen LogP contribution in [0.25, 0.3) is 0 Å². The van der Waals surface area contributed by atoms with Gasteiger partial charge in [-0.15, -0.1) is 0 Å². The van der Waals surface area contributed by atoms with Gasteiger partial charge in [0.2, 0.25) is 0 Å². The summed E-state index contributed by atoms with van der Waals surface area (Å²) in [5, 5.41) is 9.88. The molecule has 1 saturated carbocycles. The molecule has 1 heterocycles. The normalized spacial score (nSPS) is 30.2. The van der Waals surface area contributed by atoms with Crippen LogP contribution in [-0.2, 0) is 4.74 Å². The number of nitrogens with zero attached hydrogens (tertiary/aromatic N) is 1. The molecule has 5 heteroatoms. The average molecular weight is 368 g/mol. The smallest absolute Gasteiger partial charge is 0.410 e. The average Bonchev–Trinajstić information content (AvgIpc) is 2.47. The number of carbonyl (C=O) groups excluding carboxylic acids is 1. The minimum absolute atomic E-state index is 0.00790. The second-order valence-corrected chi connectivity index (χ2v) is 7.39. The first-order chi connectivity index (χ1) is 10.5. The molecule has 1 aliphatic heterocycles. The van der Waals surface area contributed by atoms with E-state index in [-0.39, 0.29) is 18.2 Å². The molecule has 1 N–H and O–H groups in total. The van der Waals surface area contributed by atoms with Crippen LogP contribution in [0, 0.1) is 0 Å². The summed E-state index contributed by atoms with van der Waals surface area (Å²) >= 11 is 3.43. The number of ether oxygens (including phenoxy) is 1. The Labute approximate surface area is 139 Å². The first-order valence-electron chi connectivity index (χ1n) is 7.92. The fraction of sp³-hybridized carbons (Fsp3) is 0.588. The van der Waals surface area contributed by atoms with Gasteiger partial charge in [0.25, 0.3) is 0 Å². The molecule has 1 spiro atoms. The molecular formula is C17H22BrNO3. The summed E-state index contributed by atoms with van der Waals surface area (Å²) in [4.78, 5) is 14.3. The van der Waals surface area contributed by atoms with Crippen LogP contribution in [-0.4, -0.2) is 34.3 Å². The van der Waals surface area contributed by atoms with Crippen LogP contribution in [0.2, 0.25) is 0 Å². The van der Waals surface area contributed by atoms with Crippen molar-refractivity contribution in [2.24, 2.45) is 0 Å². The Balaban J connectivity index is 1.70. The second-order valence-electron chi connectivity index (χ2n) is 6.47. The zero-order chi connectivity index (χ0) is 15.7. The van der Waals surface area contributed by atoms with Gasteiger partial charge in [-0.3, -0.25) is 0 Å². The lowest BCUT2D eigenvalue weighted by molar-refractivity contribution is -0.0990. The van der Waals surface area contributed by atoms with Gasteiger partial charge in [-0.25, -0.2) is 4.79 Å². The number of hydrogen-bond acceptors (Lipinski definition) is 3. The number of aliphatic hydroxyl groups is 1. The Kier molecular flexibility index (Phi) is 4.46. The summed E-state index contributed by atoms with van der Waals surface area (Å²) < 4.78 is 6.81. The van der Waals surface area contributed by atoms with E-state index in [1.807, 2.05) is 31.2 Å². The van der Waals surface area contributed by atoms with Crippen LogP contribution < -0.4 is 0 Å². The zero-order valence-corrected chi connectivity index (χ0v) is 14.4. The number of amides is 1. The third-order valence-electron chi connectivity index (χ3n) is 4.94. The Hall–Kier alpha value is -1.07. The number of hydrogen-bond donors (Lipinski definition) is 1. The maximum Gasteiger partial charge on any atom is 0.410 e. The fourth-order valence-electron chi connectivity index (χ4n) is 3.60. The van der Waals surface area contributed by atoms with Crippen molar-refractivity contribution in [3.8, 4) is 0 Å². The van der Waals surface area contributed by atoms with Crippen molar-refractivity contribution in [1.29, 1.82) is 0 Å². The van der Waals surface area contributed by atoms with Crippen molar-refractivity contribution in [1.82, 2.24) is 4.90 Å². The van der Waals surface area contributed by atoms with Crippen molar-refractivity contribution in [3.05, 3.63) is 34.3 Å². The lowest BCUT2D eigenvalue weighted by Crippen LogP contribution is -2.52. The van der Waals surface area contributed by atoms with E-state index in [2.05, 4.69) is 15.9 Å². The summed E-state index contributed by atoms with van der Waals surface area (Å²) in [6.45, 7) is 2.71. The van der Waals surface area contributed by atoms with Gasteiger partial charge in [-0.2, -0.15) is 0 Å². The standard InChI is InChI=1S/C17H22BrNO3/c1-12(13-4-6-14(18)7-5-13)19-10-9-17(22-16(19)21)8-2-3-15(20)11-17/h4-7,12,15,20H,2-3,8-11H2,1H3/t12-,15-,17-/m0/s1. The van der Waals surface area contributed by atoms with Gasteiger partial charge in [0.1, 0.15) is 5.60 Å². The van der Waals surface area contributed by atoms with Crippen LogP contribution in [0.4, 0.5) is 4.79 Å². The molecule has 0 unspecified atom stereocenters. The van der Waals surface area contributed by atoms with Crippen molar-refractivity contribution in [2.45, 2.75) is 56.8 Å². The topological polar surface area (TPSA) is 49.8 Å². The number of benzene rings is 1. The highest BCUT2D eigenvalue weighted by atomic mass is 79.9. The first kappa shape index (κ1) is 15.8. The van der Waals surface area contributed by atoms with Gasteiger partial charge in [0.05, 0.1) is 12.1 Å². The van der Waals surface area contributed by atoms with E-state index in [4.69, 9.17) is 4.74 Å². The molecule has 1 aromatic rings. The second kappa shape index (κ2) is 6.20. The van der Waals surface area contributed by atoms with E-state index in [9.17, 15) is 9.90 Å². The molecular weight excluding hydrogens is 346 g/mol. The highest BCUT2D eigenvalue weighted by Crippen LogP contribution is 2.39. The van der Waals surface area contributed by atoms with Crippen LogP contribution in [0.1, 0.15) is 50.6 Å². The van der Waals surface area contributed by atoms with Gasteiger partial charge in [0, 0.05) is 23.9 Å². The Morgan fingerprint density at radius 3 is 2.73 bits per heavy atom. The Morgan fingerprint density at radius 1 is 1.36 bits per heavy atom. The largest absolute Gasteiger partial charge is 0.443 e. The highest BCUT2D eigenvalue weighted by Gasteiger charge is 2.44. The Bertz CT molecular complexity index is 547. The third-order valence-corrected chi connectivity index (χ3v) is 5.47. The van der Waals surface area contributed by atoms with Gasteiger partial charge in [-0.1, -0.05) is 28.1 Å². The molecule has 120 valence electrons. The monoisotopic (exact) mass is 367 g/mol. The van der Waals surface area contributed by atoms with Crippen molar-refractivity contribution in [2.75, 3.05) is 6.54 Å². The molecule has 1 aromatic carbocycles. The molecule has 22 heavy (non-hydrogen) atoms. The highest BCUT2D eigenvalue weighted by molar-refractivity contribution is 9.10. The Morgan fingerprint density at radius 2 is 2.09 bits per heavy atom. The molecule has 3 rings (SSSR count). The summed E-state index contributed by atoms with van der Waals surface area (Å²) in [5.74, 6) is 0. The van der Waals surface area contributed by atoms with E-state index in [1.165, 1.54) is 0 Å². The van der Waals surface area contributed by atoms with Crippen LogP contribution in [0.5, 0.6) is 0 Å². The maximum absolute atomic E-state index is 12.5. The summed E-state index contributed by atoms with van der Waals surface area (Å²) in [7, 11) is 0. The lowest BCUT2D eigenvalue weighted by Gasteiger charge is -2.46. The van der Waals surface area contributed by atoms with Crippen LogP contribution in [0.15, 0.2) is 28.7 Å². The molecule has 1 saturated heterocycles. The predicted molar refractivity (Wildman–Crippen MR) is 87.6 cm³/mol. The SMILES string of the molecule is C[C@@H](c1ccc(Br)cc1)N1CC[C@]2(CCC[C@H](O)C2)OC1=O. The third kappa shape index (κ3) is 3.15. The van der Waals surface area contributed by atoms with Gasteiger partial charge in [0.15, 0.2) is 0 Å². The lowest BCUT2D eigenvalue weighted by atomic mass is 9.80. The van der Waals surface area contributed by atoms with Gasteiger partial charge >= 0.3 is 6.09 Å². The number of aliphatic hydroxyl groups excluding tert-OH is 1. The minimum atomic E-state index is -0.440. The molecule has 1 aliphatic carbocycles. The van der Waals surface area contributed by atoms with E-state index in [0.29, 0.717) is 13.0 Å². The summed E-state index contributed by atoms with van der Waals surface area (Å²) in [6, 6.07) is 8.01. The molecule has 2 aliphatic rings. The number of rotatable bonds is 2. The van der Waals surface area contributed by atoms with Crippen molar-refractivity contribution in [3.63, 3.8) is 0 Å². The predicted octanol–water partition coefficient (Wildman–Crippen LogP) is 4.03. The molecule has 0 radical (unpaired) electrons. The van der Waals surface area contributed by atoms with E-state index >= 15 is 0 Å². The first-order valence-corrected chi connectivity index (χ1v) is 8.72. The quantitative estimate of drug-likeness (QED) is 0.858. The summed E-state index contributed by atoms with van der Waals surface area (Å²) in [6.07, 6.45) is 3.41. The van der Waals surface area contributed by atoms with E-state index in [0.717, 1.165) is 35.7 Å². The molecule has 2 fully saturated rings. The van der Waals surface area contributed by atoms with Gasteiger partial charge < -0.3 is 14.7 Å². The van der Waals surface area contributed by atoms with E-state index < -0.39 is 5.60 Å². The molecule has 0 aromatic heterocycles. The number of carbonyl (C=O) groups is 1. The summed E-state index contributed by atoms with van der Waals surface area (Å²) in [5.41, 5.74) is 0.657. The molecule has 3 atom stereocenters. The van der Waals surface area contributed by atoms with Crippen molar-refractivity contribution >= 4 is 22.0 Å². The molecule has 4 nitrogen and oxygen atoms in total. The van der Waals surface area contributed by atoms with Crippen LogP contribution >= 0.6 is 15.9 Å². The molecule has 1 amide bonds. The zero-order valence-electron chi connectivity index (χ0n) is 12.8. The van der Waals surface area contributed by atoms with E-state index in [1.54, 1.807) is 4.90 Å². The minimum Gasteiger partial charge on any atom is -0.443 e. The molecule has 0 bridgehead atoms. The van der Waals surface area contributed by atoms with Gasteiger partial charge in [-0.05, 0) is 43.9 Å². The number of halogens is 1. The van der Waals surface area contributed by atoms with Crippen molar-refractivity contribution < 1.29 is 14.6 Å².